The number of carbonyl (C=O) groups excluding carboxylic acids is 2. The summed E-state index contributed by atoms with van der Waals surface area (Å²) in [7, 11) is 0. The van der Waals surface area contributed by atoms with Gasteiger partial charge in [0.1, 0.15) is 5.75 Å². The van der Waals surface area contributed by atoms with Gasteiger partial charge in [-0.05, 0) is 25.0 Å². The van der Waals surface area contributed by atoms with Crippen LogP contribution in [0.15, 0.2) is 24.3 Å². The van der Waals surface area contributed by atoms with Crippen molar-refractivity contribution in [1.82, 2.24) is 4.90 Å². The van der Waals surface area contributed by atoms with E-state index >= 15 is 0 Å². The number of hydrogen-bond acceptors (Lipinski definition) is 4. The van der Waals surface area contributed by atoms with Gasteiger partial charge in [-0.15, -0.1) is 0 Å². The van der Waals surface area contributed by atoms with Gasteiger partial charge in [-0.25, -0.2) is 0 Å². The zero-order valence-corrected chi connectivity index (χ0v) is 13.1. The molecule has 23 heavy (non-hydrogen) atoms. The van der Waals surface area contributed by atoms with Gasteiger partial charge < -0.3 is 20.1 Å². The lowest BCUT2D eigenvalue weighted by Gasteiger charge is -2.43. The summed E-state index contributed by atoms with van der Waals surface area (Å²) >= 11 is 0. The molecule has 0 bridgehead atoms. The van der Waals surface area contributed by atoms with Crippen molar-refractivity contribution in [3.05, 3.63) is 29.8 Å². The quantitative estimate of drug-likeness (QED) is 0.908. The number of primary amides is 1. The molecule has 1 aromatic rings. The molecular weight excluding hydrogens is 296 g/mol. The second-order valence-electron chi connectivity index (χ2n) is 6.01. The highest BCUT2D eigenvalue weighted by Crippen LogP contribution is 2.31. The molecule has 1 aliphatic carbocycles. The highest BCUT2D eigenvalue weighted by atomic mass is 16.5. The van der Waals surface area contributed by atoms with Crippen molar-refractivity contribution < 1.29 is 19.1 Å². The first-order valence-electron chi connectivity index (χ1n) is 8.09. The van der Waals surface area contributed by atoms with Crippen molar-refractivity contribution in [2.24, 2.45) is 5.73 Å². The van der Waals surface area contributed by atoms with Crippen LogP contribution in [0.5, 0.6) is 5.75 Å². The molecule has 6 nitrogen and oxygen atoms in total. The standard InChI is InChI=1S/C17H22N2O4/c18-16(20)11-23-14-7-3-1-5-12(14)17(21)19-9-10-22-15-8-4-2-6-13(15)19/h1,3,5,7,13,15H,2,4,6,8-11H2,(H2,18,20). The SMILES string of the molecule is NC(=O)COc1ccccc1C(=O)N1CCOC2CCCCC21. The number of carbonyl (C=O) groups is 2. The molecule has 1 saturated carbocycles. The predicted octanol–water partition coefficient (Wildman–Crippen LogP) is 1.33. The molecule has 1 saturated heterocycles. The molecule has 3 rings (SSSR count). The fourth-order valence-corrected chi connectivity index (χ4v) is 3.42. The topological polar surface area (TPSA) is 81.9 Å². The summed E-state index contributed by atoms with van der Waals surface area (Å²) < 4.78 is 11.2. The number of fused-ring (bicyclic) bond motifs is 1. The normalized spacial score (nSPS) is 23.9. The van der Waals surface area contributed by atoms with Gasteiger partial charge in [-0.3, -0.25) is 9.59 Å². The van der Waals surface area contributed by atoms with Crippen molar-refractivity contribution >= 4 is 11.8 Å². The Morgan fingerprint density at radius 1 is 1.26 bits per heavy atom. The maximum atomic E-state index is 13.0. The van der Waals surface area contributed by atoms with Crippen LogP contribution >= 0.6 is 0 Å². The molecule has 2 aliphatic rings. The number of morpholine rings is 1. The van der Waals surface area contributed by atoms with Gasteiger partial charge in [0, 0.05) is 6.54 Å². The van der Waals surface area contributed by atoms with E-state index in [1.54, 1.807) is 24.3 Å². The molecule has 0 radical (unpaired) electrons. The summed E-state index contributed by atoms with van der Waals surface area (Å²) in [5, 5.41) is 0. The molecule has 2 atom stereocenters. The molecule has 6 heteroatoms. The zero-order valence-electron chi connectivity index (χ0n) is 13.1. The summed E-state index contributed by atoms with van der Waals surface area (Å²) in [6.07, 6.45) is 4.39. The Balaban J connectivity index is 1.80. The van der Waals surface area contributed by atoms with Crippen molar-refractivity contribution in [3.8, 4) is 5.75 Å². The first-order chi connectivity index (χ1) is 11.2. The Morgan fingerprint density at radius 2 is 2.04 bits per heavy atom. The lowest BCUT2D eigenvalue weighted by Crippen LogP contribution is -2.54. The van der Waals surface area contributed by atoms with Crippen LogP contribution in [-0.2, 0) is 9.53 Å². The number of benzene rings is 1. The van der Waals surface area contributed by atoms with Gasteiger partial charge in [-0.2, -0.15) is 0 Å². The number of ether oxygens (including phenoxy) is 2. The van der Waals surface area contributed by atoms with E-state index in [0.29, 0.717) is 24.5 Å². The van der Waals surface area contributed by atoms with E-state index in [1.165, 1.54) is 0 Å². The number of hydrogen-bond donors (Lipinski definition) is 1. The summed E-state index contributed by atoms with van der Waals surface area (Å²) in [4.78, 5) is 25.8. The van der Waals surface area contributed by atoms with Gasteiger partial charge in [-0.1, -0.05) is 25.0 Å². The van der Waals surface area contributed by atoms with Crippen molar-refractivity contribution in [2.45, 2.75) is 37.8 Å². The lowest BCUT2D eigenvalue weighted by molar-refractivity contribution is -0.119. The minimum atomic E-state index is -0.564. The summed E-state index contributed by atoms with van der Waals surface area (Å²) in [6, 6.07) is 7.12. The average Bonchev–Trinajstić information content (AvgIpc) is 2.59. The molecule has 2 unspecified atom stereocenters. The van der Waals surface area contributed by atoms with Crippen LogP contribution in [0.25, 0.3) is 0 Å². The Kier molecular flexibility index (Phi) is 4.81. The fourth-order valence-electron chi connectivity index (χ4n) is 3.42. The third-order valence-corrected chi connectivity index (χ3v) is 4.48. The van der Waals surface area contributed by atoms with Crippen LogP contribution in [0.4, 0.5) is 0 Å². The monoisotopic (exact) mass is 318 g/mol. The van der Waals surface area contributed by atoms with E-state index in [0.717, 1.165) is 25.7 Å². The molecule has 0 spiro atoms. The van der Waals surface area contributed by atoms with Gasteiger partial charge in [0.2, 0.25) is 0 Å². The number of amides is 2. The minimum absolute atomic E-state index is 0.0646. The third-order valence-electron chi connectivity index (χ3n) is 4.48. The highest BCUT2D eigenvalue weighted by molar-refractivity contribution is 5.97. The Labute approximate surface area is 135 Å². The average molecular weight is 318 g/mol. The first kappa shape index (κ1) is 15.8. The molecule has 124 valence electrons. The smallest absolute Gasteiger partial charge is 0.258 e. The Bertz CT molecular complexity index is 588. The van der Waals surface area contributed by atoms with E-state index in [4.69, 9.17) is 15.2 Å². The first-order valence-corrected chi connectivity index (χ1v) is 8.09. The van der Waals surface area contributed by atoms with Crippen LogP contribution in [0.1, 0.15) is 36.0 Å². The van der Waals surface area contributed by atoms with Crippen molar-refractivity contribution in [2.75, 3.05) is 19.8 Å². The lowest BCUT2D eigenvalue weighted by atomic mass is 9.89. The molecule has 2 fully saturated rings. The van der Waals surface area contributed by atoms with Gasteiger partial charge in [0.05, 0.1) is 24.3 Å². The van der Waals surface area contributed by atoms with E-state index in [2.05, 4.69) is 0 Å². The van der Waals surface area contributed by atoms with Crippen molar-refractivity contribution in [3.63, 3.8) is 0 Å². The molecule has 1 heterocycles. The van der Waals surface area contributed by atoms with E-state index in [9.17, 15) is 9.59 Å². The van der Waals surface area contributed by atoms with Crippen molar-refractivity contribution in [1.29, 1.82) is 0 Å². The molecule has 2 N–H and O–H groups in total. The fraction of sp³-hybridized carbons (Fsp3) is 0.529. The number of rotatable bonds is 4. The summed E-state index contributed by atoms with van der Waals surface area (Å²) in [5.41, 5.74) is 5.59. The Hall–Kier alpha value is -2.08. The number of nitrogens with zero attached hydrogens (tertiary/aromatic N) is 1. The second kappa shape index (κ2) is 7.00. The Morgan fingerprint density at radius 3 is 2.87 bits per heavy atom. The van der Waals surface area contributed by atoms with Crippen LogP contribution < -0.4 is 10.5 Å². The predicted molar refractivity (Wildman–Crippen MR) is 84.2 cm³/mol. The zero-order chi connectivity index (χ0) is 16.2. The molecule has 2 amide bonds. The molecule has 0 aromatic heterocycles. The van der Waals surface area contributed by atoms with Gasteiger partial charge in [0.15, 0.2) is 6.61 Å². The van der Waals surface area contributed by atoms with Gasteiger partial charge >= 0.3 is 0 Å². The van der Waals surface area contributed by atoms with E-state index in [-0.39, 0.29) is 24.7 Å². The maximum absolute atomic E-state index is 13.0. The summed E-state index contributed by atoms with van der Waals surface area (Å²) in [6.45, 7) is 0.917. The highest BCUT2D eigenvalue weighted by Gasteiger charge is 2.37. The second-order valence-corrected chi connectivity index (χ2v) is 6.01. The van der Waals surface area contributed by atoms with E-state index in [1.807, 2.05) is 4.90 Å². The number of nitrogens with two attached hydrogens (primary N) is 1. The van der Waals surface area contributed by atoms with E-state index < -0.39 is 5.91 Å². The molecule has 1 aromatic carbocycles. The van der Waals surface area contributed by atoms with Crippen LogP contribution in [0.3, 0.4) is 0 Å². The van der Waals surface area contributed by atoms with Crippen LogP contribution in [0.2, 0.25) is 0 Å². The molecular formula is C17H22N2O4. The largest absolute Gasteiger partial charge is 0.483 e. The summed E-state index contributed by atoms with van der Waals surface area (Å²) in [5.74, 6) is -0.230. The molecule has 1 aliphatic heterocycles. The minimum Gasteiger partial charge on any atom is -0.483 e. The third kappa shape index (κ3) is 3.47. The maximum Gasteiger partial charge on any atom is 0.258 e. The van der Waals surface area contributed by atoms with Gasteiger partial charge in [0.25, 0.3) is 11.8 Å². The van der Waals surface area contributed by atoms with Crippen LogP contribution in [0, 0.1) is 0 Å². The number of para-hydroxylation sites is 1. The van der Waals surface area contributed by atoms with Crippen LogP contribution in [-0.4, -0.2) is 48.6 Å².